The molecule has 0 unspecified atom stereocenters. The van der Waals surface area contributed by atoms with Crippen LogP contribution in [0.5, 0.6) is 0 Å². The van der Waals surface area contributed by atoms with Gasteiger partial charge in [0.05, 0.1) is 12.3 Å². The largest absolute Gasteiger partial charge is 0.220 e. The number of aryl methyl sites for hydroxylation is 1. The van der Waals surface area contributed by atoms with E-state index in [0.717, 1.165) is 27.6 Å². The molecule has 1 heterocycles. The quantitative estimate of drug-likeness (QED) is 0.353. The highest BCUT2D eigenvalue weighted by Gasteiger charge is 2.21. The molecule has 140 valence electrons. The Bertz CT molecular complexity index is 1260. The summed E-state index contributed by atoms with van der Waals surface area (Å²) in [5.74, 6) is 0.386. The van der Waals surface area contributed by atoms with Crippen LogP contribution in [0, 0.1) is 13.8 Å². The molecule has 28 heavy (non-hydrogen) atoms. The normalized spacial score (nSPS) is 12.4. The van der Waals surface area contributed by atoms with Crippen LogP contribution in [0.25, 0.3) is 33.2 Å². The number of aromatic nitrogens is 1. The Morgan fingerprint density at radius 2 is 1.64 bits per heavy atom. The molecule has 0 aliphatic rings. The molecule has 0 saturated carbocycles. The molecule has 0 spiro atoms. The van der Waals surface area contributed by atoms with Crippen LogP contribution in [0.4, 0.5) is 0 Å². The number of rotatable bonds is 3. The van der Waals surface area contributed by atoms with Crippen LogP contribution >= 0.6 is 0 Å². The van der Waals surface area contributed by atoms with Gasteiger partial charge in [-0.05, 0) is 59.5 Å². The van der Waals surface area contributed by atoms with Crippen molar-refractivity contribution in [1.29, 1.82) is 0 Å². The smallest absolute Gasteiger partial charge is 0.200 e. The molecule has 4 aromatic rings. The van der Waals surface area contributed by atoms with Crippen molar-refractivity contribution in [2.75, 3.05) is 0 Å². The van der Waals surface area contributed by atoms with Crippen molar-refractivity contribution in [3.05, 3.63) is 89.6 Å². The van der Waals surface area contributed by atoms with Crippen LogP contribution in [-0.2, 0) is 7.05 Å². The fraction of sp³-hybridized carbons (Fsp3) is 0.222. The minimum Gasteiger partial charge on any atom is -0.200 e. The van der Waals surface area contributed by atoms with E-state index in [4.69, 9.17) is 2.74 Å². The number of benzene rings is 3. The Kier molecular flexibility index (Phi) is 4.15. The summed E-state index contributed by atoms with van der Waals surface area (Å²) >= 11 is 0. The molecule has 0 amide bonds. The standard InChI is InChI=1S/C27H28N/c1-18(2)25-16-23(21-9-7-6-8-10-21)17-26(20(25)4)27-24-12-11-19(3)15-22(24)13-14-28(27)5/h6-18H,1-5H3/q+1/i13D,14D. The summed E-state index contributed by atoms with van der Waals surface area (Å²) in [5.41, 5.74) is 8.15. The summed E-state index contributed by atoms with van der Waals surface area (Å²) in [7, 11) is 1.90. The first-order valence-corrected chi connectivity index (χ1v) is 9.89. The number of hydrogen-bond donors (Lipinski definition) is 0. The van der Waals surface area contributed by atoms with E-state index in [1.165, 1.54) is 22.3 Å². The zero-order valence-corrected chi connectivity index (χ0v) is 17.3. The number of pyridine rings is 1. The average molecular weight is 369 g/mol. The summed E-state index contributed by atoms with van der Waals surface area (Å²) in [6, 6.07) is 21.5. The van der Waals surface area contributed by atoms with E-state index in [2.05, 4.69) is 69.3 Å². The SMILES string of the molecule is [2H]c1c([2H])[n+](C)c(-c2cc(-c3ccccc3)cc(C(C)C)c2C)c2ccc(C)cc12. The van der Waals surface area contributed by atoms with Gasteiger partial charge in [-0.15, -0.1) is 0 Å². The minimum absolute atomic E-state index is 0.235. The van der Waals surface area contributed by atoms with E-state index in [-0.39, 0.29) is 12.2 Å². The second-order valence-corrected chi connectivity index (χ2v) is 7.95. The third kappa shape index (κ3) is 3.22. The van der Waals surface area contributed by atoms with Gasteiger partial charge in [0.25, 0.3) is 0 Å². The molecule has 1 aromatic heterocycles. The maximum Gasteiger partial charge on any atom is 0.220 e. The van der Waals surface area contributed by atoms with Crippen molar-refractivity contribution in [3.8, 4) is 22.4 Å². The summed E-state index contributed by atoms with van der Waals surface area (Å²) in [5, 5.41) is 1.86. The molecule has 1 heteroatoms. The molecular formula is C27H28N+. The monoisotopic (exact) mass is 368 g/mol. The fourth-order valence-corrected chi connectivity index (χ4v) is 4.05. The van der Waals surface area contributed by atoms with Gasteiger partial charge >= 0.3 is 0 Å². The minimum atomic E-state index is 0.235. The molecule has 0 aliphatic carbocycles. The average Bonchev–Trinajstić information content (AvgIpc) is 2.74. The predicted molar refractivity (Wildman–Crippen MR) is 120 cm³/mol. The van der Waals surface area contributed by atoms with Crippen LogP contribution < -0.4 is 4.57 Å². The topological polar surface area (TPSA) is 3.88 Å². The van der Waals surface area contributed by atoms with Gasteiger partial charge in [-0.1, -0.05) is 67.9 Å². The van der Waals surface area contributed by atoms with E-state index in [1.807, 2.05) is 30.7 Å². The zero-order valence-electron chi connectivity index (χ0n) is 19.3. The van der Waals surface area contributed by atoms with Gasteiger partial charge in [-0.2, -0.15) is 0 Å². The first kappa shape index (κ1) is 16.1. The highest BCUT2D eigenvalue weighted by atomic mass is 14.9. The predicted octanol–water partition coefficient (Wildman–Crippen LogP) is 6.74. The first-order chi connectivity index (χ1) is 14.3. The second-order valence-electron chi connectivity index (χ2n) is 7.95. The highest BCUT2D eigenvalue weighted by molar-refractivity contribution is 5.95. The Morgan fingerprint density at radius 3 is 2.36 bits per heavy atom. The molecule has 4 rings (SSSR count). The third-order valence-corrected chi connectivity index (χ3v) is 5.56. The lowest BCUT2D eigenvalue weighted by atomic mass is 9.87. The van der Waals surface area contributed by atoms with Crippen LogP contribution in [0.1, 0.15) is 39.2 Å². The lowest BCUT2D eigenvalue weighted by Gasteiger charge is -2.17. The van der Waals surface area contributed by atoms with Crippen molar-refractivity contribution >= 4 is 10.8 Å². The molecule has 1 nitrogen and oxygen atoms in total. The highest BCUT2D eigenvalue weighted by Crippen LogP contribution is 2.36. The molecule has 0 aliphatic heterocycles. The molecular weight excluding hydrogens is 338 g/mol. The van der Waals surface area contributed by atoms with Gasteiger partial charge in [-0.3, -0.25) is 0 Å². The molecule has 0 atom stereocenters. The third-order valence-electron chi connectivity index (χ3n) is 5.56. The first-order valence-electron chi connectivity index (χ1n) is 10.9. The number of hydrogen-bond acceptors (Lipinski definition) is 0. The Morgan fingerprint density at radius 1 is 0.893 bits per heavy atom. The Labute approximate surface area is 171 Å². The lowest BCUT2D eigenvalue weighted by molar-refractivity contribution is -0.659. The van der Waals surface area contributed by atoms with Crippen LogP contribution in [-0.4, -0.2) is 0 Å². The molecule has 0 bridgehead atoms. The molecule has 0 N–H and O–H groups in total. The Hall–Kier alpha value is -2.93. The van der Waals surface area contributed by atoms with Gasteiger partial charge < -0.3 is 0 Å². The number of fused-ring (bicyclic) bond motifs is 1. The van der Waals surface area contributed by atoms with E-state index in [9.17, 15) is 0 Å². The summed E-state index contributed by atoms with van der Waals surface area (Å²) in [4.78, 5) is 0. The van der Waals surface area contributed by atoms with Crippen LogP contribution in [0.2, 0.25) is 0 Å². The van der Waals surface area contributed by atoms with Gasteiger partial charge in [0.1, 0.15) is 8.42 Å². The maximum absolute atomic E-state index is 8.59. The van der Waals surface area contributed by atoms with Gasteiger partial charge in [0, 0.05) is 6.04 Å². The Balaban J connectivity index is 2.13. The van der Waals surface area contributed by atoms with Crippen molar-refractivity contribution in [3.63, 3.8) is 0 Å². The van der Waals surface area contributed by atoms with E-state index in [0.29, 0.717) is 5.92 Å². The summed E-state index contributed by atoms with van der Waals surface area (Å²) in [6.07, 6.45) is 0.235. The van der Waals surface area contributed by atoms with E-state index < -0.39 is 0 Å². The van der Waals surface area contributed by atoms with Crippen molar-refractivity contribution in [1.82, 2.24) is 0 Å². The van der Waals surface area contributed by atoms with Gasteiger partial charge in [0.15, 0.2) is 6.17 Å². The van der Waals surface area contributed by atoms with Gasteiger partial charge in [0.2, 0.25) is 5.69 Å². The van der Waals surface area contributed by atoms with E-state index in [1.54, 1.807) is 0 Å². The summed E-state index contributed by atoms with van der Waals surface area (Å²) < 4.78 is 19.0. The van der Waals surface area contributed by atoms with Crippen LogP contribution in [0.3, 0.4) is 0 Å². The molecule has 3 aromatic carbocycles. The molecule has 0 fully saturated rings. The van der Waals surface area contributed by atoms with E-state index >= 15 is 0 Å². The molecule has 0 radical (unpaired) electrons. The summed E-state index contributed by atoms with van der Waals surface area (Å²) in [6.45, 7) is 8.67. The maximum atomic E-state index is 8.59. The zero-order chi connectivity index (χ0) is 21.6. The van der Waals surface area contributed by atoms with Crippen molar-refractivity contribution in [2.45, 2.75) is 33.6 Å². The van der Waals surface area contributed by atoms with Crippen molar-refractivity contribution in [2.24, 2.45) is 7.05 Å². The molecule has 0 saturated heterocycles. The fourth-order valence-electron chi connectivity index (χ4n) is 4.05. The van der Waals surface area contributed by atoms with Gasteiger partial charge in [-0.25, -0.2) is 4.57 Å². The second kappa shape index (κ2) is 7.24. The number of nitrogens with zero attached hydrogens (tertiary/aromatic N) is 1. The van der Waals surface area contributed by atoms with Crippen LogP contribution in [0.15, 0.2) is 72.9 Å². The lowest BCUT2D eigenvalue weighted by Crippen LogP contribution is -2.31. The van der Waals surface area contributed by atoms with Crippen molar-refractivity contribution < 1.29 is 7.31 Å².